The van der Waals surface area contributed by atoms with Gasteiger partial charge in [0.1, 0.15) is 0 Å². The molecule has 132 valence electrons. The van der Waals surface area contributed by atoms with Gasteiger partial charge in [-0.1, -0.05) is 48.6 Å². The summed E-state index contributed by atoms with van der Waals surface area (Å²) in [6, 6.07) is 4.40. The zero-order valence-electron chi connectivity index (χ0n) is 13.4. The van der Waals surface area contributed by atoms with Crippen molar-refractivity contribution < 1.29 is 23.1 Å². The molecule has 2 atom stereocenters. The third kappa shape index (κ3) is 3.85. The van der Waals surface area contributed by atoms with Crippen LogP contribution in [0.3, 0.4) is 0 Å². The lowest BCUT2D eigenvalue weighted by Gasteiger charge is -2.27. The highest BCUT2D eigenvalue weighted by molar-refractivity contribution is 5.83. The van der Waals surface area contributed by atoms with Gasteiger partial charge < -0.3 is 10.0 Å². The monoisotopic (exact) mass is 349 g/mol. The van der Waals surface area contributed by atoms with Gasteiger partial charge in [0.25, 0.3) is 0 Å². The van der Waals surface area contributed by atoms with Crippen molar-refractivity contribution in [2.45, 2.75) is 24.7 Å². The van der Waals surface area contributed by atoms with E-state index in [4.69, 9.17) is 0 Å². The average molecular weight is 349 g/mol. The topological polar surface area (TPSA) is 40.5 Å². The number of amides is 1. The molecule has 0 saturated carbocycles. The molecule has 1 fully saturated rings. The van der Waals surface area contributed by atoms with Gasteiger partial charge in [-0.2, -0.15) is 13.2 Å². The molecule has 1 amide bonds. The summed E-state index contributed by atoms with van der Waals surface area (Å²) in [5.74, 6) is -0.719. The maximum absolute atomic E-state index is 13.0. The van der Waals surface area contributed by atoms with E-state index in [0.717, 1.165) is 12.1 Å². The Morgan fingerprint density at radius 1 is 1.12 bits per heavy atom. The summed E-state index contributed by atoms with van der Waals surface area (Å²) in [6.45, 7) is 0.116. The lowest BCUT2D eigenvalue weighted by atomic mass is 9.99. The van der Waals surface area contributed by atoms with Gasteiger partial charge in [0.05, 0.1) is 23.6 Å². The van der Waals surface area contributed by atoms with Crippen LogP contribution in [0.4, 0.5) is 13.2 Å². The minimum Gasteiger partial charge on any atom is -0.391 e. The minimum absolute atomic E-state index is 0.116. The Kier molecular flexibility index (Phi) is 4.81. The van der Waals surface area contributed by atoms with Crippen LogP contribution in [0.2, 0.25) is 0 Å². The van der Waals surface area contributed by atoms with Crippen molar-refractivity contribution in [1.82, 2.24) is 4.90 Å². The molecule has 6 heteroatoms. The quantitative estimate of drug-likeness (QED) is 0.886. The number of alkyl halides is 3. The fourth-order valence-corrected chi connectivity index (χ4v) is 3.21. The molecule has 3 nitrogen and oxygen atoms in total. The van der Waals surface area contributed by atoms with Crippen LogP contribution in [0.5, 0.6) is 0 Å². The molecule has 0 radical (unpaired) electrons. The number of carbonyl (C=O) groups is 1. The van der Waals surface area contributed by atoms with Crippen LogP contribution in [0, 0.1) is 5.92 Å². The number of hydrogen-bond acceptors (Lipinski definition) is 2. The molecule has 3 rings (SSSR count). The lowest BCUT2D eigenvalue weighted by Crippen LogP contribution is -2.35. The highest BCUT2D eigenvalue weighted by Crippen LogP contribution is 2.37. The summed E-state index contributed by atoms with van der Waals surface area (Å²) in [7, 11) is 0. The molecule has 1 aromatic carbocycles. The Morgan fingerprint density at radius 3 is 2.44 bits per heavy atom. The number of rotatable bonds is 2. The zero-order valence-corrected chi connectivity index (χ0v) is 13.4. The molecule has 0 spiro atoms. The standard InChI is InChI=1S/C19H18F3NO2/c20-19(21,22)15-9-5-8-14(10-15)17-11-16(24)12-23(17)18(25)13-6-3-1-2-4-7-13/h1-10,13,16-17,24H,11-12H2. The van der Waals surface area contributed by atoms with Gasteiger partial charge in [-0.15, -0.1) is 0 Å². The number of benzene rings is 1. The number of β-amino-alcohol motifs (C(OH)–C–C–N with tert-alkyl or cyclic N) is 1. The smallest absolute Gasteiger partial charge is 0.391 e. The molecule has 2 unspecified atom stereocenters. The lowest BCUT2D eigenvalue weighted by molar-refractivity contribution is -0.137. The van der Waals surface area contributed by atoms with Gasteiger partial charge in [0, 0.05) is 6.54 Å². The molecule has 1 saturated heterocycles. The van der Waals surface area contributed by atoms with E-state index in [-0.39, 0.29) is 18.9 Å². The Bertz CT molecular complexity index is 720. The first-order chi connectivity index (χ1) is 11.9. The number of allylic oxidation sites excluding steroid dienone is 4. The van der Waals surface area contributed by atoms with Crippen LogP contribution in [0.1, 0.15) is 23.6 Å². The van der Waals surface area contributed by atoms with Crippen LogP contribution < -0.4 is 0 Å². The fourth-order valence-electron chi connectivity index (χ4n) is 3.21. The van der Waals surface area contributed by atoms with Gasteiger partial charge in [0.2, 0.25) is 5.91 Å². The second kappa shape index (κ2) is 6.88. The Labute approximate surface area is 143 Å². The van der Waals surface area contributed by atoms with Gasteiger partial charge in [-0.3, -0.25) is 4.79 Å². The highest BCUT2D eigenvalue weighted by Gasteiger charge is 2.38. The molecule has 1 aliphatic carbocycles. The molecular weight excluding hydrogens is 331 g/mol. The summed E-state index contributed by atoms with van der Waals surface area (Å²) in [6.07, 6.45) is 5.61. The second-order valence-corrected chi connectivity index (χ2v) is 6.20. The molecule has 1 aliphatic heterocycles. The largest absolute Gasteiger partial charge is 0.416 e. The SMILES string of the molecule is O=C(C1C=CC=CC=C1)N1CC(O)CC1c1cccc(C(F)(F)F)c1. The van der Waals surface area contributed by atoms with Gasteiger partial charge in [-0.25, -0.2) is 0 Å². The Morgan fingerprint density at radius 2 is 1.80 bits per heavy atom. The number of nitrogens with zero attached hydrogens (tertiary/aromatic N) is 1. The van der Waals surface area contributed by atoms with E-state index in [1.54, 1.807) is 42.5 Å². The molecule has 2 aliphatic rings. The van der Waals surface area contributed by atoms with E-state index in [1.807, 2.05) is 0 Å². The summed E-state index contributed by atoms with van der Waals surface area (Å²) in [5, 5.41) is 10.00. The van der Waals surface area contributed by atoms with Crippen molar-refractivity contribution in [2.75, 3.05) is 6.54 Å². The number of aliphatic hydroxyl groups is 1. The molecular formula is C19H18F3NO2. The van der Waals surface area contributed by atoms with E-state index in [1.165, 1.54) is 11.0 Å². The molecule has 1 heterocycles. The van der Waals surface area contributed by atoms with Crippen LogP contribution in [0.15, 0.2) is 60.7 Å². The van der Waals surface area contributed by atoms with Gasteiger partial charge in [0.15, 0.2) is 0 Å². The van der Waals surface area contributed by atoms with Crippen molar-refractivity contribution in [1.29, 1.82) is 0 Å². The number of likely N-dealkylation sites (tertiary alicyclic amines) is 1. The van der Waals surface area contributed by atoms with Crippen molar-refractivity contribution in [3.05, 3.63) is 71.8 Å². The van der Waals surface area contributed by atoms with Crippen LogP contribution in [-0.4, -0.2) is 28.6 Å². The third-order valence-corrected chi connectivity index (χ3v) is 4.42. The summed E-state index contributed by atoms with van der Waals surface area (Å²) in [5.41, 5.74) is -0.364. The maximum atomic E-state index is 13.0. The molecule has 1 aromatic rings. The van der Waals surface area contributed by atoms with Crippen LogP contribution in [-0.2, 0) is 11.0 Å². The van der Waals surface area contributed by atoms with Crippen molar-refractivity contribution in [2.24, 2.45) is 5.92 Å². The number of carbonyl (C=O) groups excluding carboxylic acids is 1. The van der Waals surface area contributed by atoms with E-state index in [9.17, 15) is 23.1 Å². The first-order valence-corrected chi connectivity index (χ1v) is 8.03. The van der Waals surface area contributed by atoms with Crippen LogP contribution in [0.25, 0.3) is 0 Å². The normalized spacial score (nSPS) is 23.9. The predicted octanol–water partition coefficient (Wildman–Crippen LogP) is 3.64. The van der Waals surface area contributed by atoms with E-state index < -0.39 is 29.8 Å². The minimum atomic E-state index is -4.44. The van der Waals surface area contributed by atoms with Crippen molar-refractivity contribution in [3.8, 4) is 0 Å². The molecule has 25 heavy (non-hydrogen) atoms. The van der Waals surface area contributed by atoms with Gasteiger partial charge >= 0.3 is 6.18 Å². The number of hydrogen-bond donors (Lipinski definition) is 1. The third-order valence-electron chi connectivity index (χ3n) is 4.42. The summed E-state index contributed by atoms with van der Waals surface area (Å²) < 4.78 is 38.9. The second-order valence-electron chi connectivity index (χ2n) is 6.20. The first-order valence-electron chi connectivity index (χ1n) is 8.03. The zero-order chi connectivity index (χ0) is 18.0. The number of halogens is 3. The van der Waals surface area contributed by atoms with Crippen LogP contribution >= 0.6 is 0 Å². The Hall–Kier alpha value is -2.34. The summed E-state index contributed by atoms with van der Waals surface area (Å²) >= 11 is 0. The average Bonchev–Trinajstić information content (AvgIpc) is 2.79. The van der Waals surface area contributed by atoms with E-state index in [2.05, 4.69) is 0 Å². The van der Waals surface area contributed by atoms with E-state index >= 15 is 0 Å². The highest BCUT2D eigenvalue weighted by atomic mass is 19.4. The fraction of sp³-hybridized carbons (Fsp3) is 0.316. The van der Waals surface area contributed by atoms with E-state index in [0.29, 0.717) is 5.56 Å². The summed E-state index contributed by atoms with van der Waals surface area (Å²) in [4.78, 5) is 14.3. The molecule has 1 N–H and O–H groups in total. The van der Waals surface area contributed by atoms with Gasteiger partial charge in [-0.05, 0) is 24.1 Å². The first kappa shape index (κ1) is 17.5. The molecule has 0 bridgehead atoms. The van der Waals surface area contributed by atoms with Crippen molar-refractivity contribution in [3.63, 3.8) is 0 Å². The number of aliphatic hydroxyl groups excluding tert-OH is 1. The Balaban J connectivity index is 1.88. The molecule has 0 aromatic heterocycles. The predicted molar refractivity (Wildman–Crippen MR) is 87.4 cm³/mol. The maximum Gasteiger partial charge on any atom is 0.416 e. The van der Waals surface area contributed by atoms with Crippen molar-refractivity contribution >= 4 is 5.91 Å².